The first-order valence-corrected chi connectivity index (χ1v) is 7.61. The van der Waals surface area contributed by atoms with Crippen molar-refractivity contribution >= 4 is 14.2 Å². The Morgan fingerprint density at radius 2 is 1.67 bits per heavy atom. The van der Waals surface area contributed by atoms with Crippen LogP contribution in [0, 0.1) is 0 Å². The molecule has 0 bridgehead atoms. The van der Waals surface area contributed by atoms with Gasteiger partial charge >= 0.3 is 0 Å². The summed E-state index contributed by atoms with van der Waals surface area (Å²) in [5.41, 5.74) is 0. The lowest BCUT2D eigenvalue weighted by Crippen LogP contribution is -2.31. The van der Waals surface area contributed by atoms with Crippen molar-refractivity contribution in [3.05, 3.63) is 0 Å². The van der Waals surface area contributed by atoms with Gasteiger partial charge in [0, 0.05) is 6.54 Å². The third-order valence-electron chi connectivity index (χ3n) is 3.07. The van der Waals surface area contributed by atoms with E-state index in [-0.39, 0.29) is 0 Å². The number of carbonyl (C=O) groups excluding carboxylic acids is 1. The molecule has 0 unspecified atom stereocenters. The fraction of sp³-hybridized carbons (Fsp3) is 0.889. The van der Waals surface area contributed by atoms with Gasteiger partial charge in [-0.25, -0.2) is 9.79 Å². The smallest absolute Gasteiger partial charge is 0.211 e. The largest absolute Gasteiger partial charge is 0.234 e. The highest BCUT2D eigenvalue weighted by molar-refractivity contribution is 6.79. The average molecular weight is 185 g/mol. The lowest BCUT2D eigenvalue weighted by atomic mass is 10.8. The van der Waals surface area contributed by atoms with E-state index in [2.05, 4.69) is 25.8 Å². The molecule has 0 saturated carbocycles. The van der Waals surface area contributed by atoms with Gasteiger partial charge in [0.25, 0.3) is 0 Å². The van der Waals surface area contributed by atoms with Gasteiger partial charge in [0.1, 0.15) is 0 Å². The molecule has 0 amide bonds. The van der Waals surface area contributed by atoms with Gasteiger partial charge in [0.2, 0.25) is 6.08 Å². The Labute approximate surface area is 76.1 Å². The molecule has 0 saturated heterocycles. The van der Waals surface area contributed by atoms with Crippen molar-refractivity contribution in [3.63, 3.8) is 0 Å². The second kappa shape index (κ2) is 6.15. The molecule has 0 heterocycles. The number of isocyanates is 1. The normalized spacial score (nSPS) is 10.9. The summed E-state index contributed by atoms with van der Waals surface area (Å²) in [6.07, 6.45) is 1.61. The summed E-state index contributed by atoms with van der Waals surface area (Å²) in [4.78, 5) is 13.5. The molecule has 0 aliphatic rings. The Morgan fingerprint density at radius 3 is 2.00 bits per heavy atom. The van der Waals surface area contributed by atoms with Gasteiger partial charge < -0.3 is 0 Å². The first-order valence-electron chi connectivity index (χ1n) is 4.78. The molecular weight excluding hydrogens is 166 g/mol. The second-order valence-electron chi connectivity index (χ2n) is 3.28. The van der Waals surface area contributed by atoms with Crippen LogP contribution in [0.25, 0.3) is 0 Å². The van der Waals surface area contributed by atoms with E-state index in [9.17, 15) is 4.79 Å². The van der Waals surface area contributed by atoms with Gasteiger partial charge in [-0.3, -0.25) is 0 Å². The summed E-state index contributed by atoms with van der Waals surface area (Å²) >= 11 is 0. The van der Waals surface area contributed by atoms with E-state index in [4.69, 9.17) is 0 Å². The lowest BCUT2D eigenvalue weighted by Gasteiger charge is -2.26. The van der Waals surface area contributed by atoms with Crippen LogP contribution in [-0.2, 0) is 4.79 Å². The molecule has 0 rings (SSSR count). The molecular formula is C9H19NOSi. The van der Waals surface area contributed by atoms with Crippen LogP contribution in [-0.4, -0.2) is 20.7 Å². The third-order valence-corrected chi connectivity index (χ3v) is 8.85. The summed E-state index contributed by atoms with van der Waals surface area (Å²) in [6, 6.07) is 5.10. The standard InChI is InChI=1S/C9H19NOSi/c1-4-12(5-2,6-3)8-7-10-9-11/h4-8H2,1-3H3. The third kappa shape index (κ3) is 3.33. The highest BCUT2D eigenvalue weighted by Crippen LogP contribution is 2.24. The lowest BCUT2D eigenvalue weighted by molar-refractivity contribution is 0.563. The molecule has 0 N–H and O–H groups in total. The number of hydrogen-bond donors (Lipinski definition) is 0. The molecule has 0 aromatic heterocycles. The van der Waals surface area contributed by atoms with Crippen molar-refractivity contribution in [1.82, 2.24) is 0 Å². The molecule has 2 nitrogen and oxygen atoms in total. The van der Waals surface area contributed by atoms with E-state index in [1.54, 1.807) is 6.08 Å². The number of nitrogens with zero attached hydrogens (tertiary/aromatic N) is 1. The quantitative estimate of drug-likeness (QED) is 0.355. The number of aliphatic imine (C=N–C) groups is 1. The van der Waals surface area contributed by atoms with Crippen molar-refractivity contribution in [3.8, 4) is 0 Å². The maximum absolute atomic E-state index is 9.88. The van der Waals surface area contributed by atoms with Crippen LogP contribution in [0.3, 0.4) is 0 Å². The van der Waals surface area contributed by atoms with Gasteiger partial charge in [0.05, 0.1) is 8.07 Å². The first kappa shape index (κ1) is 11.6. The van der Waals surface area contributed by atoms with Crippen LogP contribution < -0.4 is 0 Å². The SMILES string of the molecule is CC[Si](CC)(CC)CCN=C=O. The van der Waals surface area contributed by atoms with Crippen LogP contribution >= 0.6 is 0 Å². The van der Waals surface area contributed by atoms with Crippen molar-refractivity contribution in [1.29, 1.82) is 0 Å². The molecule has 0 aromatic rings. The zero-order chi connectivity index (χ0) is 9.45. The monoisotopic (exact) mass is 185 g/mol. The number of rotatable bonds is 6. The van der Waals surface area contributed by atoms with Gasteiger partial charge in [-0.1, -0.05) is 38.9 Å². The van der Waals surface area contributed by atoms with E-state index < -0.39 is 8.07 Å². The predicted molar refractivity (Wildman–Crippen MR) is 55.0 cm³/mol. The Bertz CT molecular complexity index is 152. The predicted octanol–water partition coefficient (Wildman–Crippen LogP) is 2.83. The summed E-state index contributed by atoms with van der Waals surface area (Å²) in [5.74, 6) is 0. The maximum atomic E-state index is 9.88. The highest BCUT2D eigenvalue weighted by atomic mass is 28.3. The Kier molecular flexibility index (Phi) is 5.94. The molecule has 3 heteroatoms. The van der Waals surface area contributed by atoms with Crippen molar-refractivity contribution < 1.29 is 4.79 Å². The fourth-order valence-electron chi connectivity index (χ4n) is 1.62. The van der Waals surface area contributed by atoms with Gasteiger partial charge in [-0.15, -0.1) is 0 Å². The van der Waals surface area contributed by atoms with Crippen LogP contribution in [0.15, 0.2) is 4.99 Å². The average Bonchev–Trinajstić information content (AvgIpc) is 2.14. The van der Waals surface area contributed by atoms with Gasteiger partial charge in [-0.2, -0.15) is 0 Å². The van der Waals surface area contributed by atoms with E-state index in [1.807, 2.05) is 0 Å². The summed E-state index contributed by atoms with van der Waals surface area (Å²) in [5, 5.41) is 0. The Morgan fingerprint density at radius 1 is 1.17 bits per heavy atom. The molecule has 12 heavy (non-hydrogen) atoms. The zero-order valence-corrected chi connectivity index (χ0v) is 9.39. The first-order chi connectivity index (χ1) is 5.74. The van der Waals surface area contributed by atoms with Gasteiger partial charge in [0.15, 0.2) is 0 Å². The van der Waals surface area contributed by atoms with Crippen molar-refractivity contribution in [2.75, 3.05) is 6.54 Å². The molecule has 0 aliphatic carbocycles. The van der Waals surface area contributed by atoms with Crippen molar-refractivity contribution in [2.45, 2.75) is 44.9 Å². The van der Waals surface area contributed by atoms with Crippen LogP contribution in [0.1, 0.15) is 20.8 Å². The molecule has 0 aromatic carbocycles. The summed E-state index contributed by atoms with van der Waals surface area (Å²) in [6.45, 7) is 7.50. The van der Waals surface area contributed by atoms with E-state index in [1.165, 1.54) is 18.1 Å². The fourth-order valence-corrected chi connectivity index (χ4v) is 4.77. The minimum absolute atomic E-state index is 0.700. The summed E-state index contributed by atoms with van der Waals surface area (Å²) in [7, 11) is -1.03. The molecule has 0 fully saturated rings. The zero-order valence-electron chi connectivity index (χ0n) is 8.39. The molecule has 0 aliphatic heterocycles. The minimum atomic E-state index is -1.03. The molecule has 0 spiro atoms. The Balaban J connectivity index is 4.00. The van der Waals surface area contributed by atoms with Crippen LogP contribution in [0.4, 0.5) is 0 Å². The maximum Gasteiger partial charge on any atom is 0.234 e. The highest BCUT2D eigenvalue weighted by Gasteiger charge is 2.25. The summed E-state index contributed by atoms with van der Waals surface area (Å²) < 4.78 is 0. The Hall–Kier alpha value is -0.403. The van der Waals surface area contributed by atoms with Crippen LogP contribution in [0.5, 0.6) is 0 Å². The van der Waals surface area contributed by atoms with Crippen molar-refractivity contribution in [2.24, 2.45) is 4.99 Å². The minimum Gasteiger partial charge on any atom is -0.211 e. The van der Waals surface area contributed by atoms with E-state index in [0.29, 0.717) is 6.54 Å². The van der Waals surface area contributed by atoms with E-state index in [0.717, 1.165) is 6.04 Å². The van der Waals surface area contributed by atoms with Gasteiger partial charge in [-0.05, 0) is 6.04 Å². The second-order valence-corrected chi connectivity index (χ2v) is 8.90. The van der Waals surface area contributed by atoms with Crippen LogP contribution in [0.2, 0.25) is 24.2 Å². The topological polar surface area (TPSA) is 29.4 Å². The van der Waals surface area contributed by atoms with E-state index >= 15 is 0 Å². The molecule has 70 valence electrons. The molecule has 0 radical (unpaired) electrons. The molecule has 0 atom stereocenters. The number of hydrogen-bond acceptors (Lipinski definition) is 2.